The molecule has 166 valence electrons. The van der Waals surface area contributed by atoms with Crippen LogP contribution in [0.1, 0.15) is 36.4 Å². The summed E-state index contributed by atoms with van der Waals surface area (Å²) < 4.78 is 5.83. The third-order valence-electron chi connectivity index (χ3n) is 6.13. The smallest absolute Gasteiger partial charge is 0.146 e. The number of halogens is 1. The van der Waals surface area contributed by atoms with E-state index in [0.29, 0.717) is 24.0 Å². The Hall–Kier alpha value is -2.69. The molecule has 1 aliphatic heterocycles. The van der Waals surface area contributed by atoms with Crippen LogP contribution in [0.5, 0.6) is 5.75 Å². The average Bonchev–Trinajstić information content (AvgIpc) is 2.83. The number of benzene rings is 2. The van der Waals surface area contributed by atoms with Crippen molar-refractivity contribution < 1.29 is 9.53 Å². The molecule has 32 heavy (non-hydrogen) atoms. The number of aromatic nitrogens is 1. The molecule has 1 aromatic heterocycles. The molecule has 2 heterocycles. The van der Waals surface area contributed by atoms with Gasteiger partial charge in [-0.2, -0.15) is 0 Å². The van der Waals surface area contributed by atoms with E-state index in [2.05, 4.69) is 9.88 Å². The predicted octanol–water partition coefficient (Wildman–Crippen LogP) is 5.62. The van der Waals surface area contributed by atoms with E-state index >= 15 is 0 Å². The van der Waals surface area contributed by atoms with Gasteiger partial charge in [0, 0.05) is 24.2 Å². The first-order valence-electron chi connectivity index (χ1n) is 11.3. The molecule has 1 saturated heterocycles. The lowest BCUT2D eigenvalue weighted by Crippen LogP contribution is -2.37. The van der Waals surface area contributed by atoms with Gasteiger partial charge >= 0.3 is 0 Å². The van der Waals surface area contributed by atoms with Crippen LogP contribution >= 0.6 is 11.6 Å². The molecule has 1 atom stereocenters. The van der Waals surface area contributed by atoms with E-state index in [1.54, 1.807) is 6.20 Å². The van der Waals surface area contributed by atoms with Crippen LogP contribution < -0.4 is 4.74 Å². The van der Waals surface area contributed by atoms with Crippen molar-refractivity contribution in [2.45, 2.75) is 25.2 Å². The first-order valence-corrected chi connectivity index (χ1v) is 11.7. The molecule has 0 bridgehead atoms. The van der Waals surface area contributed by atoms with Gasteiger partial charge in [0.1, 0.15) is 18.1 Å². The molecule has 0 spiro atoms. The summed E-state index contributed by atoms with van der Waals surface area (Å²) in [6.45, 7) is 3.61. The zero-order chi connectivity index (χ0) is 22.2. The van der Waals surface area contributed by atoms with Crippen LogP contribution in [0, 0.1) is 5.92 Å². The number of pyridine rings is 1. The van der Waals surface area contributed by atoms with E-state index in [4.69, 9.17) is 16.3 Å². The standard InChI is InChI=1S/C27H29ClN2O2/c28-23-11-9-22(10-12-23)27(25-8-4-5-15-29-25)26(31)20-21-13-16-30(17-14-21)18-19-32-24-6-2-1-3-7-24/h1-12,15,21,27H,13-14,16-20H2. The molecule has 2 aromatic carbocycles. The van der Waals surface area contributed by atoms with Crippen molar-refractivity contribution >= 4 is 17.4 Å². The molecule has 4 rings (SSSR count). The summed E-state index contributed by atoms with van der Waals surface area (Å²) in [5.41, 5.74) is 1.75. The van der Waals surface area contributed by atoms with Crippen LogP contribution in [-0.2, 0) is 4.79 Å². The van der Waals surface area contributed by atoms with Crippen LogP contribution in [0.4, 0.5) is 0 Å². The topological polar surface area (TPSA) is 42.4 Å². The van der Waals surface area contributed by atoms with Crippen LogP contribution in [0.3, 0.4) is 0 Å². The van der Waals surface area contributed by atoms with Gasteiger partial charge in [-0.3, -0.25) is 14.7 Å². The average molecular weight is 449 g/mol. The minimum Gasteiger partial charge on any atom is -0.492 e. The highest BCUT2D eigenvalue weighted by Crippen LogP contribution is 2.30. The Bertz CT molecular complexity index is 972. The molecule has 1 unspecified atom stereocenters. The van der Waals surface area contributed by atoms with Gasteiger partial charge in [0.05, 0.1) is 11.6 Å². The number of rotatable bonds is 9. The van der Waals surface area contributed by atoms with E-state index in [-0.39, 0.29) is 11.7 Å². The summed E-state index contributed by atoms with van der Waals surface area (Å²) in [5.74, 6) is 1.21. The van der Waals surface area contributed by atoms with E-state index in [9.17, 15) is 4.79 Å². The second-order valence-electron chi connectivity index (χ2n) is 8.36. The Morgan fingerprint density at radius 2 is 1.72 bits per heavy atom. The predicted molar refractivity (Wildman–Crippen MR) is 128 cm³/mol. The molecule has 4 nitrogen and oxygen atoms in total. The summed E-state index contributed by atoms with van der Waals surface area (Å²) in [4.78, 5) is 20.3. The molecule has 0 aliphatic carbocycles. The van der Waals surface area contributed by atoms with Crippen molar-refractivity contribution in [1.82, 2.24) is 9.88 Å². The van der Waals surface area contributed by atoms with E-state index in [0.717, 1.165) is 49.5 Å². The molecule has 5 heteroatoms. The summed E-state index contributed by atoms with van der Waals surface area (Å²) in [6, 6.07) is 23.2. The van der Waals surface area contributed by atoms with Gasteiger partial charge in [-0.05, 0) is 73.8 Å². The third-order valence-corrected chi connectivity index (χ3v) is 6.38. The number of Topliss-reactive ketones (excluding diaryl/α,β-unsaturated/α-hetero) is 1. The van der Waals surface area contributed by atoms with Crippen LogP contribution in [0.15, 0.2) is 79.0 Å². The Labute approximate surface area is 195 Å². The molecule has 1 aliphatic rings. The fourth-order valence-corrected chi connectivity index (χ4v) is 4.48. The normalized spacial score (nSPS) is 15.9. The van der Waals surface area contributed by atoms with Crippen molar-refractivity contribution in [2.24, 2.45) is 5.92 Å². The number of ether oxygens (including phenoxy) is 1. The van der Waals surface area contributed by atoms with Gasteiger partial charge in [0.2, 0.25) is 0 Å². The lowest BCUT2D eigenvalue weighted by atomic mass is 9.83. The van der Waals surface area contributed by atoms with Gasteiger partial charge in [-0.15, -0.1) is 0 Å². The van der Waals surface area contributed by atoms with E-state index < -0.39 is 0 Å². The molecule has 1 fully saturated rings. The van der Waals surface area contributed by atoms with Gasteiger partial charge in [0.25, 0.3) is 0 Å². The molecule has 0 radical (unpaired) electrons. The number of para-hydroxylation sites is 1. The minimum atomic E-state index is -0.342. The maximum atomic E-state index is 13.4. The Kier molecular flexibility index (Phi) is 7.92. The number of piperidine rings is 1. The number of hydrogen-bond acceptors (Lipinski definition) is 4. The summed E-state index contributed by atoms with van der Waals surface area (Å²) in [7, 11) is 0. The van der Waals surface area contributed by atoms with Crippen LogP contribution in [0.2, 0.25) is 5.02 Å². The molecule has 0 saturated carbocycles. The summed E-state index contributed by atoms with van der Waals surface area (Å²) >= 11 is 6.07. The highest BCUT2D eigenvalue weighted by Gasteiger charge is 2.28. The fraction of sp³-hybridized carbons (Fsp3) is 0.333. The Morgan fingerprint density at radius 3 is 2.41 bits per heavy atom. The number of ketones is 1. The number of hydrogen-bond donors (Lipinski definition) is 0. The van der Waals surface area contributed by atoms with Gasteiger partial charge in [0.15, 0.2) is 0 Å². The van der Waals surface area contributed by atoms with Gasteiger partial charge in [-0.1, -0.05) is 48.0 Å². The first-order chi connectivity index (χ1) is 15.7. The minimum absolute atomic E-state index is 0.233. The highest BCUT2D eigenvalue weighted by molar-refractivity contribution is 6.30. The SMILES string of the molecule is O=C(CC1CCN(CCOc2ccccc2)CC1)C(c1ccc(Cl)cc1)c1ccccn1. The number of likely N-dealkylation sites (tertiary alicyclic amines) is 1. The molecular weight excluding hydrogens is 420 g/mol. The van der Waals surface area contributed by atoms with Crippen molar-refractivity contribution in [3.63, 3.8) is 0 Å². The van der Waals surface area contributed by atoms with Gasteiger partial charge < -0.3 is 4.74 Å². The molecular formula is C27H29ClN2O2. The Balaban J connectivity index is 1.31. The monoisotopic (exact) mass is 448 g/mol. The number of nitrogens with zero attached hydrogens (tertiary/aromatic N) is 2. The van der Waals surface area contributed by atoms with Crippen molar-refractivity contribution in [2.75, 3.05) is 26.2 Å². The van der Waals surface area contributed by atoms with Crippen molar-refractivity contribution in [1.29, 1.82) is 0 Å². The number of carbonyl (C=O) groups is 1. The zero-order valence-electron chi connectivity index (χ0n) is 18.2. The first kappa shape index (κ1) is 22.5. The maximum absolute atomic E-state index is 13.4. The highest BCUT2D eigenvalue weighted by atomic mass is 35.5. The van der Waals surface area contributed by atoms with Crippen LogP contribution in [-0.4, -0.2) is 41.9 Å². The van der Waals surface area contributed by atoms with Crippen molar-refractivity contribution in [3.8, 4) is 5.75 Å². The van der Waals surface area contributed by atoms with Gasteiger partial charge in [-0.25, -0.2) is 0 Å². The lowest BCUT2D eigenvalue weighted by Gasteiger charge is -2.32. The second-order valence-corrected chi connectivity index (χ2v) is 8.79. The number of carbonyl (C=O) groups excluding carboxylic acids is 1. The molecule has 3 aromatic rings. The van der Waals surface area contributed by atoms with E-state index in [1.165, 1.54) is 0 Å². The second kappa shape index (κ2) is 11.3. The Morgan fingerprint density at radius 1 is 1.00 bits per heavy atom. The van der Waals surface area contributed by atoms with Crippen LogP contribution in [0.25, 0.3) is 0 Å². The summed E-state index contributed by atoms with van der Waals surface area (Å²) in [6.07, 6.45) is 4.40. The van der Waals surface area contributed by atoms with E-state index in [1.807, 2.05) is 72.8 Å². The quantitative estimate of drug-likeness (QED) is 0.426. The zero-order valence-corrected chi connectivity index (χ0v) is 19.0. The lowest BCUT2D eigenvalue weighted by molar-refractivity contribution is -0.121. The van der Waals surface area contributed by atoms with Crippen molar-refractivity contribution in [3.05, 3.63) is 95.3 Å². The summed E-state index contributed by atoms with van der Waals surface area (Å²) in [5, 5.41) is 0.671. The molecule has 0 amide bonds. The maximum Gasteiger partial charge on any atom is 0.146 e. The molecule has 0 N–H and O–H groups in total. The largest absolute Gasteiger partial charge is 0.492 e. The fourth-order valence-electron chi connectivity index (χ4n) is 4.35. The third kappa shape index (κ3) is 6.18.